The summed E-state index contributed by atoms with van der Waals surface area (Å²) in [5.74, 6) is -0.671. The standard InChI is InChI=1S/C17H13Cl2N3O2/c1-10-15(17(23)21-24)20-22(14-8-6-13(19)7-9-14)16(10)11-2-4-12(18)5-3-11/h2-9,24H,1H3,(H,21,23). The van der Waals surface area contributed by atoms with E-state index in [9.17, 15) is 4.79 Å². The number of benzene rings is 2. The lowest BCUT2D eigenvalue weighted by molar-refractivity contribution is 0.0699. The Morgan fingerprint density at radius 1 is 1.04 bits per heavy atom. The average Bonchev–Trinajstić information content (AvgIpc) is 2.93. The Morgan fingerprint density at radius 3 is 2.12 bits per heavy atom. The molecule has 1 amide bonds. The van der Waals surface area contributed by atoms with E-state index in [1.165, 1.54) is 0 Å². The van der Waals surface area contributed by atoms with Crippen LogP contribution in [0, 0.1) is 6.92 Å². The van der Waals surface area contributed by atoms with Gasteiger partial charge < -0.3 is 0 Å². The molecule has 0 unspecified atom stereocenters. The van der Waals surface area contributed by atoms with E-state index in [2.05, 4.69) is 5.10 Å². The van der Waals surface area contributed by atoms with Gasteiger partial charge in [-0.3, -0.25) is 10.0 Å². The largest absolute Gasteiger partial charge is 0.295 e. The van der Waals surface area contributed by atoms with Crippen molar-refractivity contribution in [3.63, 3.8) is 0 Å². The second kappa shape index (κ2) is 6.65. The minimum absolute atomic E-state index is 0.136. The van der Waals surface area contributed by atoms with Gasteiger partial charge in [-0.2, -0.15) is 5.10 Å². The zero-order valence-corrected chi connectivity index (χ0v) is 14.1. The molecule has 1 aromatic heterocycles. The number of aromatic nitrogens is 2. The maximum atomic E-state index is 11.9. The number of halogens is 2. The van der Waals surface area contributed by atoms with Crippen LogP contribution in [-0.4, -0.2) is 20.9 Å². The van der Waals surface area contributed by atoms with E-state index >= 15 is 0 Å². The predicted octanol–water partition coefficient (Wildman–Crippen LogP) is 4.27. The number of rotatable bonds is 3. The highest BCUT2D eigenvalue weighted by molar-refractivity contribution is 6.30. The van der Waals surface area contributed by atoms with Crippen LogP contribution < -0.4 is 5.48 Å². The summed E-state index contributed by atoms with van der Waals surface area (Å²) >= 11 is 11.9. The first-order chi connectivity index (χ1) is 11.5. The Hall–Kier alpha value is -2.34. The lowest BCUT2D eigenvalue weighted by atomic mass is 10.1. The number of hydrogen-bond acceptors (Lipinski definition) is 3. The molecule has 0 radical (unpaired) electrons. The van der Waals surface area contributed by atoms with Crippen molar-refractivity contribution in [1.29, 1.82) is 0 Å². The summed E-state index contributed by atoms with van der Waals surface area (Å²) in [4.78, 5) is 11.9. The molecule has 0 bridgehead atoms. The van der Waals surface area contributed by atoms with Crippen LogP contribution in [0.3, 0.4) is 0 Å². The van der Waals surface area contributed by atoms with Crippen molar-refractivity contribution in [3.05, 3.63) is 69.8 Å². The molecule has 2 aromatic carbocycles. The third kappa shape index (κ3) is 3.01. The number of carbonyl (C=O) groups is 1. The number of hydroxylamine groups is 1. The molecular weight excluding hydrogens is 349 g/mol. The molecular formula is C17H13Cl2N3O2. The molecule has 0 saturated carbocycles. The molecule has 0 spiro atoms. The molecule has 0 aliphatic rings. The fourth-order valence-electron chi connectivity index (χ4n) is 2.48. The van der Waals surface area contributed by atoms with Crippen LogP contribution in [0.4, 0.5) is 0 Å². The maximum absolute atomic E-state index is 11.9. The molecule has 0 fully saturated rings. The summed E-state index contributed by atoms with van der Waals surface area (Å²) in [5, 5.41) is 14.5. The van der Waals surface area contributed by atoms with Crippen molar-refractivity contribution in [3.8, 4) is 16.9 Å². The Bertz CT molecular complexity index is 887. The number of carbonyl (C=O) groups excluding carboxylic acids is 1. The van der Waals surface area contributed by atoms with Crippen molar-refractivity contribution >= 4 is 29.1 Å². The summed E-state index contributed by atoms with van der Waals surface area (Å²) in [6.07, 6.45) is 0. The average molecular weight is 362 g/mol. The first-order valence-corrected chi connectivity index (χ1v) is 7.83. The minimum atomic E-state index is -0.671. The van der Waals surface area contributed by atoms with Crippen LogP contribution >= 0.6 is 23.2 Å². The summed E-state index contributed by atoms with van der Waals surface area (Å²) in [7, 11) is 0. The zero-order chi connectivity index (χ0) is 17.3. The smallest absolute Gasteiger partial charge is 0.288 e. The Morgan fingerprint density at radius 2 is 1.58 bits per heavy atom. The third-order valence-electron chi connectivity index (χ3n) is 3.63. The van der Waals surface area contributed by atoms with Crippen LogP contribution in [0.15, 0.2) is 48.5 Å². The molecule has 122 valence electrons. The van der Waals surface area contributed by atoms with Gasteiger partial charge in [-0.25, -0.2) is 10.2 Å². The van der Waals surface area contributed by atoms with Gasteiger partial charge in [0.15, 0.2) is 5.69 Å². The van der Waals surface area contributed by atoms with E-state index in [1.54, 1.807) is 53.5 Å². The van der Waals surface area contributed by atoms with E-state index in [1.807, 2.05) is 12.1 Å². The molecule has 0 atom stereocenters. The van der Waals surface area contributed by atoms with Crippen LogP contribution in [0.25, 0.3) is 16.9 Å². The highest BCUT2D eigenvalue weighted by Gasteiger charge is 2.21. The van der Waals surface area contributed by atoms with Crippen molar-refractivity contribution in [1.82, 2.24) is 15.3 Å². The van der Waals surface area contributed by atoms with Crippen molar-refractivity contribution in [2.75, 3.05) is 0 Å². The van der Waals surface area contributed by atoms with E-state index in [-0.39, 0.29) is 5.69 Å². The van der Waals surface area contributed by atoms with Crippen molar-refractivity contribution in [2.24, 2.45) is 0 Å². The number of hydrogen-bond donors (Lipinski definition) is 2. The van der Waals surface area contributed by atoms with Gasteiger partial charge in [-0.15, -0.1) is 0 Å². The van der Waals surface area contributed by atoms with Crippen LogP contribution in [-0.2, 0) is 0 Å². The Balaban J connectivity index is 2.24. The predicted molar refractivity (Wildman–Crippen MR) is 93.0 cm³/mol. The topological polar surface area (TPSA) is 67.2 Å². The van der Waals surface area contributed by atoms with E-state index < -0.39 is 5.91 Å². The molecule has 24 heavy (non-hydrogen) atoms. The fraction of sp³-hybridized carbons (Fsp3) is 0.0588. The summed E-state index contributed by atoms with van der Waals surface area (Å²) in [6.45, 7) is 1.77. The molecule has 5 nitrogen and oxygen atoms in total. The van der Waals surface area contributed by atoms with Gasteiger partial charge >= 0.3 is 0 Å². The zero-order valence-electron chi connectivity index (χ0n) is 12.6. The maximum Gasteiger partial charge on any atom is 0.295 e. The lowest BCUT2D eigenvalue weighted by Gasteiger charge is -2.09. The highest BCUT2D eigenvalue weighted by atomic mass is 35.5. The van der Waals surface area contributed by atoms with Gasteiger partial charge in [-0.05, 0) is 43.3 Å². The highest BCUT2D eigenvalue weighted by Crippen LogP contribution is 2.30. The number of nitrogens with one attached hydrogen (secondary N) is 1. The fourth-order valence-corrected chi connectivity index (χ4v) is 2.73. The first kappa shape index (κ1) is 16.5. The van der Waals surface area contributed by atoms with E-state index in [4.69, 9.17) is 28.4 Å². The summed E-state index contributed by atoms with van der Waals surface area (Å²) in [5.41, 5.74) is 4.71. The second-order valence-electron chi connectivity index (χ2n) is 5.16. The van der Waals surface area contributed by atoms with Gasteiger partial charge in [0.25, 0.3) is 5.91 Å². The van der Waals surface area contributed by atoms with Gasteiger partial charge in [0, 0.05) is 21.2 Å². The van der Waals surface area contributed by atoms with E-state index in [0.717, 1.165) is 16.9 Å². The van der Waals surface area contributed by atoms with E-state index in [0.29, 0.717) is 15.6 Å². The number of nitrogens with zero attached hydrogens (tertiary/aromatic N) is 2. The molecule has 2 N–H and O–H groups in total. The normalized spacial score (nSPS) is 10.7. The Labute approximate surface area is 148 Å². The molecule has 0 aliphatic heterocycles. The molecule has 0 saturated heterocycles. The lowest BCUT2D eigenvalue weighted by Crippen LogP contribution is -2.20. The molecule has 1 heterocycles. The molecule has 3 aromatic rings. The van der Waals surface area contributed by atoms with Gasteiger partial charge in [0.1, 0.15) is 0 Å². The molecule has 7 heteroatoms. The van der Waals surface area contributed by atoms with Crippen LogP contribution in [0.5, 0.6) is 0 Å². The van der Waals surface area contributed by atoms with Crippen molar-refractivity contribution in [2.45, 2.75) is 6.92 Å². The Kier molecular flexibility index (Phi) is 4.57. The van der Waals surface area contributed by atoms with Gasteiger partial charge in [0.05, 0.1) is 11.4 Å². The molecule has 3 rings (SSSR count). The SMILES string of the molecule is Cc1c(C(=O)NO)nn(-c2ccc(Cl)cc2)c1-c1ccc(Cl)cc1. The monoisotopic (exact) mass is 361 g/mol. The van der Waals surface area contributed by atoms with Gasteiger partial charge in [-0.1, -0.05) is 35.3 Å². The summed E-state index contributed by atoms with van der Waals surface area (Å²) < 4.78 is 1.64. The van der Waals surface area contributed by atoms with Crippen molar-refractivity contribution < 1.29 is 10.0 Å². The number of amides is 1. The third-order valence-corrected chi connectivity index (χ3v) is 4.13. The quantitative estimate of drug-likeness (QED) is 0.540. The van der Waals surface area contributed by atoms with Crippen LogP contribution in [0.1, 0.15) is 16.1 Å². The first-order valence-electron chi connectivity index (χ1n) is 7.07. The second-order valence-corrected chi connectivity index (χ2v) is 6.03. The molecule has 0 aliphatic carbocycles. The van der Waals surface area contributed by atoms with Gasteiger partial charge in [0.2, 0.25) is 0 Å². The van der Waals surface area contributed by atoms with Crippen LogP contribution in [0.2, 0.25) is 10.0 Å². The summed E-state index contributed by atoms with van der Waals surface area (Å²) in [6, 6.07) is 14.3. The minimum Gasteiger partial charge on any atom is -0.288 e.